The topological polar surface area (TPSA) is 254 Å². The Morgan fingerprint density at radius 3 is 2.03 bits per heavy atom. The lowest BCUT2D eigenvalue weighted by Crippen LogP contribution is -2.53. The molecular weight excluding hydrogens is 480 g/mol. The lowest BCUT2D eigenvalue weighted by atomic mass is 10.1. The van der Waals surface area contributed by atoms with Gasteiger partial charge in [-0.1, -0.05) is 30.3 Å². The molecule has 0 aliphatic rings. The average Bonchev–Trinajstić information content (AvgIpc) is 2.86. The fourth-order valence-corrected chi connectivity index (χ4v) is 3.26. The number of rotatable bonds is 17. The van der Waals surface area contributed by atoms with Gasteiger partial charge in [0.1, 0.15) is 6.04 Å². The van der Waals surface area contributed by atoms with Crippen LogP contribution in [0.1, 0.15) is 31.2 Å². The molecule has 1 aromatic carbocycles. The third-order valence-corrected chi connectivity index (χ3v) is 5.15. The van der Waals surface area contributed by atoms with Crippen LogP contribution in [0.25, 0.3) is 0 Å². The molecule has 1 rings (SSSR count). The highest BCUT2D eigenvalue weighted by Gasteiger charge is 2.24. The molecule has 14 heteroatoms. The van der Waals surface area contributed by atoms with Crippen molar-refractivity contribution in [1.82, 2.24) is 26.6 Å². The van der Waals surface area contributed by atoms with E-state index in [4.69, 9.17) is 28.0 Å². The normalized spacial score (nSPS) is 12.8. The molecule has 1 aromatic rings. The standard InChI is InChI=1S/C23H37N10O4/c24-17(8-4-10-29-22(25)26)20(36)31-13-19(35)33-18(9-5-11-30-23(27)28)21(37)32-16(14-34)12-15-6-2-1-3-7-15/h1-3,6-7,16-18H,4-5,8-13,24H2,(H,31,36)(H,32,37)(H,33,35)(H4,25,26,29)(H4,27,28,30)/t16-,17-,18-/m0/s1. The Hall–Kier alpha value is -4.20. The van der Waals surface area contributed by atoms with Gasteiger partial charge in [0, 0.05) is 19.5 Å². The van der Waals surface area contributed by atoms with Crippen molar-refractivity contribution in [2.45, 2.75) is 50.2 Å². The Morgan fingerprint density at radius 2 is 1.46 bits per heavy atom. The van der Waals surface area contributed by atoms with E-state index < -0.39 is 42.4 Å². The number of carbonyl (C=O) groups is 3. The number of benzene rings is 1. The van der Waals surface area contributed by atoms with Crippen LogP contribution in [0.4, 0.5) is 0 Å². The van der Waals surface area contributed by atoms with Gasteiger partial charge in [-0.2, -0.15) is 0 Å². The number of carbonyl (C=O) groups excluding carboxylic acids is 4. The van der Waals surface area contributed by atoms with Gasteiger partial charge < -0.3 is 43.8 Å². The number of hydrogen-bond acceptors (Lipinski definition) is 7. The molecule has 0 saturated carbocycles. The van der Waals surface area contributed by atoms with E-state index in [1.807, 2.05) is 30.3 Å². The van der Waals surface area contributed by atoms with E-state index in [0.29, 0.717) is 32.4 Å². The van der Waals surface area contributed by atoms with E-state index in [-0.39, 0.29) is 24.8 Å². The summed E-state index contributed by atoms with van der Waals surface area (Å²) in [7, 11) is 0. The van der Waals surface area contributed by atoms with Crippen LogP contribution < -0.4 is 43.8 Å². The SMILES string of the molecule is N=C(N)NCCC[C@H](NC(=O)CNC(=O)[C@@H](N)CCCNC(=N)N)C(=O)N[C@H]([C]=O)Cc1ccccc1. The highest BCUT2D eigenvalue weighted by atomic mass is 16.2. The zero-order valence-corrected chi connectivity index (χ0v) is 20.6. The third kappa shape index (κ3) is 14.1. The summed E-state index contributed by atoms with van der Waals surface area (Å²) in [5.41, 5.74) is 17.1. The maximum Gasteiger partial charge on any atom is 0.243 e. The van der Waals surface area contributed by atoms with E-state index in [0.717, 1.165) is 5.56 Å². The molecule has 0 aromatic heterocycles. The van der Waals surface area contributed by atoms with Crippen LogP contribution in [-0.4, -0.2) is 73.7 Å². The molecule has 0 fully saturated rings. The minimum Gasteiger partial charge on any atom is -0.370 e. The summed E-state index contributed by atoms with van der Waals surface area (Å²) in [6.45, 7) is 0.281. The van der Waals surface area contributed by atoms with Crippen molar-refractivity contribution < 1.29 is 19.2 Å². The lowest BCUT2D eigenvalue weighted by molar-refractivity contribution is -0.130. The molecule has 37 heavy (non-hydrogen) atoms. The van der Waals surface area contributed by atoms with Gasteiger partial charge in [0.15, 0.2) is 11.9 Å². The van der Waals surface area contributed by atoms with E-state index >= 15 is 0 Å². The molecule has 0 saturated heterocycles. The van der Waals surface area contributed by atoms with E-state index in [9.17, 15) is 19.2 Å². The van der Waals surface area contributed by atoms with Gasteiger partial charge in [0.25, 0.3) is 0 Å². The molecule has 0 heterocycles. The largest absolute Gasteiger partial charge is 0.370 e. The smallest absolute Gasteiger partial charge is 0.243 e. The van der Waals surface area contributed by atoms with Crippen LogP contribution in [0.2, 0.25) is 0 Å². The van der Waals surface area contributed by atoms with E-state index in [1.165, 1.54) is 0 Å². The Balaban J connectivity index is 2.64. The molecular formula is C23H37N10O4. The van der Waals surface area contributed by atoms with Gasteiger partial charge >= 0.3 is 0 Å². The van der Waals surface area contributed by atoms with Crippen LogP contribution in [0, 0.1) is 10.8 Å². The van der Waals surface area contributed by atoms with Gasteiger partial charge in [0.05, 0.1) is 18.6 Å². The maximum atomic E-state index is 12.9. The molecule has 3 amide bonds. The van der Waals surface area contributed by atoms with Crippen LogP contribution in [0.3, 0.4) is 0 Å². The van der Waals surface area contributed by atoms with Crippen LogP contribution >= 0.6 is 0 Å². The van der Waals surface area contributed by atoms with Crippen molar-refractivity contribution in [1.29, 1.82) is 10.8 Å². The first kappa shape index (κ1) is 30.8. The number of nitrogens with two attached hydrogens (primary N) is 3. The zero-order valence-electron chi connectivity index (χ0n) is 20.6. The van der Waals surface area contributed by atoms with Crippen LogP contribution in [0.5, 0.6) is 0 Å². The molecule has 0 spiro atoms. The highest BCUT2D eigenvalue weighted by Crippen LogP contribution is 2.04. The van der Waals surface area contributed by atoms with Crippen molar-refractivity contribution in [3.8, 4) is 0 Å². The van der Waals surface area contributed by atoms with Crippen molar-refractivity contribution in [2.75, 3.05) is 19.6 Å². The van der Waals surface area contributed by atoms with Crippen molar-refractivity contribution >= 4 is 35.9 Å². The Labute approximate surface area is 215 Å². The summed E-state index contributed by atoms with van der Waals surface area (Å²) in [4.78, 5) is 48.9. The summed E-state index contributed by atoms with van der Waals surface area (Å²) in [5, 5.41) is 27.1. The van der Waals surface area contributed by atoms with Gasteiger partial charge in [-0.05, 0) is 31.2 Å². The minimum atomic E-state index is -1.00. The fraction of sp³-hybridized carbons (Fsp3) is 0.478. The van der Waals surface area contributed by atoms with Gasteiger partial charge in [-0.3, -0.25) is 30.0 Å². The van der Waals surface area contributed by atoms with Crippen molar-refractivity contribution in [2.24, 2.45) is 17.2 Å². The quantitative estimate of drug-likeness (QED) is 0.0584. The molecule has 1 radical (unpaired) electrons. The molecule has 13 N–H and O–H groups in total. The van der Waals surface area contributed by atoms with Gasteiger partial charge in [0.2, 0.25) is 24.0 Å². The maximum absolute atomic E-state index is 12.9. The summed E-state index contributed by atoms with van der Waals surface area (Å²) in [6, 6.07) is 6.31. The van der Waals surface area contributed by atoms with Gasteiger partial charge in [-0.25, -0.2) is 0 Å². The second kappa shape index (κ2) is 17.3. The summed E-state index contributed by atoms with van der Waals surface area (Å²) in [5.74, 6) is -2.14. The monoisotopic (exact) mass is 517 g/mol. The molecule has 0 bridgehead atoms. The minimum absolute atomic E-state index is 0.178. The van der Waals surface area contributed by atoms with Crippen LogP contribution in [0.15, 0.2) is 30.3 Å². The summed E-state index contributed by atoms with van der Waals surface area (Å²) < 4.78 is 0. The number of hydrogen-bond donors (Lipinski definition) is 10. The Morgan fingerprint density at radius 1 is 0.865 bits per heavy atom. The second-order valence-electron chi connectivity index (χ2n) is 8.28. The molecule has 3 atom stereocenters. The predicted octanol–water partition coefficient (Wildman–Crippen LogP) is -2.72. The zero-order chi connectivity index (χ0) is 27.6. The highest BCUT2D eigenvalue weighted by molar-refractivity contribution is 5.91. The van der Waals surface area contributed by atoms with E-state index in [1.54, 1.807) is 6.29 Å². The average molecular weight is 518 g/mol. The first-order chi connectivity index (χ1) is 17.6. The third-order valence-electron chi connectivity index (χ3n) is 5.15. The van der Waals surface area contributed by atoms with E-state index in [2.05, 4.69) is 26.6 Å². The first-order valence-electron chi connectivity index (χ1n) is 11.8. The lowest BCUT2D eigenvalue weighted by Gasteiger charge is -2.21. The fourth-order valence-electron chi connectivity index (χ4n) is 3.26. The molecule has 0 aliphatic carbocycles. The van der Waals surface area contributed by atoms with Crippen LogP contribution in [-0.2, 0) is 25.6 Å². The molecule has 203 valence electrons. The summed E-state index contributed by atoms with van der Waals surface area (Å²) in [6.07, 6.45) is 3.42. The molecule has 0 aliphatic heterocycles. The Bertz CT molecular complexity index is 912. The predicted molar refractivity (Wildman–Crippen MR) is 139 cm³/mol. The summed E-state index contributed by atoms with van der Waals surface area (Å²) >= 11 is 0. The second-order valence-corrected chi connectivity index (χ2v) is 8.28. The number of amides is 3. The number of nitrogens with one attached hydrogen (secondary N) is 7. The molecule has 14 nitrogen and oxygen atoms in total. The number of guanidine groups is 2. The Kier molecular flexibility index (Phi) is 14.4. The van der Waals surface area contributed by atoms with Gasteiger partial charge in [-0.15, -0.1) is 0 Å². The van der Waals surface area contributed by atoms with Crippen molar-refractivity contribution in [3.63, 3.8) is 0 Å². The first-order valence-corrected chi connectivity index (χ1v) is 11.8. The van der Waals surface area contributed by atoms with Crippen molar-refractivity contribution in [3.05, 3.63) is 35.9 Å². The molecule has 0 unspecified atom stereocenters.